The fraction of sp³-hybridized carbons (Fsp3) is 0.458. The third-order valence-electron chi connectivity index (χ3n) is 6.10. The number of piperidine rings is 1. The molecule has 1 saturated heterocycles. The van der Waals surface area contributed by atoms with E-state index >= 15 is 0 Å². The number of pyridine rings is 1. The number of carbonyl (C=O) groups is 1. The van der Waals surface area contributed by atoms with Crippen molar-refractivity contribution >= 4 is 11.9 Å². The van der Waals surface area contributed by atoms with Crippen LogP contribution < -0.4 is 5.32 Å². The molecule has 0 unspecified atom stereocenters. The predicted octanol–water partition coefficient (Wildman–Crippen LogP) is 4.24. The molecule has 1 saturated carbocycles. The smallest absolute Gasteiger partial charge is 0.276 e. The summed E-state index contributed by atoms with van der Waals surface area (Å²) >= 11 is 0. The van der Waals surface area contributed by atoms with Gasteiger partial charge in [-0.15, -0.1) is 0 Å². The highest BCUT2D eigenvalue weighted by Crippen LogP contribution is 2.40. The van der Waals surface area contributed by atoms with Gasteiger partial charge in [0, 0.05) is 66.8 Å². The fourth-order valence-electron chi connectivity index (χ4n) is 4.25. The summed E-state index contributed by atoms with van der Waals surface area (Å²) in [5.74, 6) is 2.12. The number of nitrogens with one attached hydrogen (secondary N) is 1. The maximum absolute atomic E-state index is 12.9. The average Bonchev–Trinajstić information content (AvgIpc) is 3.55. The molecule has 4 heterocycles. The molecule has 1 amide bonds. The van der Waals surface area contributed by atoms with Crippen molar-refractivity contribution in [3.05, 3.63) is 53.9 Å². The lowest BCUT2D eigenvalue weighted by molar-refractivity contribution is 0.0701. The van der Waals surface area contributed by atoms with Crippen molar-refractivity contribution < 1.29 is 9.32 Å². The Morgan fingerprint density at radius 2 is 1.97 bits per heavy atom. The van der Waals surface area contributed by atoms with E-state index in [1.54, 1.807) is 6.20 Å². The first-order chi connectivity index (χ1) is 15.6. The summed E-state index contributed by atoms with van der Waals surface area (Å²) < 4.78 is 5.37. The summed E-state index contributed by atoms with van der Waals surface area (Å²) in [5, 5.41) is 7.33. The van der Waals surface area contributed by atoms with Crippen molar-refractivity contribution in [2.45, 2.75) is 57.4 Å². The molecule has 166 valence electrons. The zero-order valence-electron chi connectivity index (χ0n) is 18.5. The summed E-state index contributed by atoms with van der Waals surface area (Å²) in [6.07, 6.45) is 9.42. The Hall–Kier alpha value is -3.29. The van der Waals surface area contributed by atoms with Crippen LogP contribution in [0.4, 0.5) is 5.95 Å². The molecule has 3 aromatic rings. The molecule has 1 N–H and O–H groups in total. The third kappa shape index (κ3) is 4.35. The highest BCUT2D eigenvalue weighted by molar-refractivity contribution is 5.92. The van der Waals surface area contributed by atoms with Crippen LogP contribution in [0, 0.1) is 0 Å². The molecule has 0 spiro atoms. The Balaban J connectivity index is 1.34. The number of hydrogen-bond donors (Lipinski definition) is 1. The summed E-state index contributed by atoms with van der Waals surface area (Å²) in [4.78, 5) is 28.5. The summed E-state index contributed by atoms with van der Waals surface area (Å²) in [7, 11) is 0. The minimum atomic E-state index is -0.0450. The van der Waals surface area contributed by atoms with E-state index in [-0.39, 0.29) is 17.9 Å². The van der Waals surface area contributed by atoms with Gasteiger partial charge < -0.3 is 14.7 Å². The molecule has 2 aliphatic rings. The highest BCUT2D eigenvalue weighted by Gasteiger charge is 2.32. The van der Waals surface area contributed by atoms with E-state index in [0.29, 0.717) is 30.6 Å². The molecule has 0 radical (unpaired) electrons. The second-order valence-corrected chi connectivity index (χ2v) is 8.99. The van der Waals surface area contributed by atoms with E-state index < -0.39 is 0 Å². The molecule has 8 heteroatoms. The largest absolute Gasteiger partial charge is 0.360 e. The van der Waals surface area contributed by atoms with Crippen LogP contribution in [0.5, 0.6) is 0 Å². The lowest BCUT2D eigenvalue weighted by Crippen LogP contribution is -2.38. The van der Waals surface area contributed by atoms with E-state index in [1.807, 2.05) is 35.5 Å². The Morgan fingerprint density at radius 3 is 2.66 bits per heavy atom. The second kappa shape index (κ2) is 8.68. The van der Waals surface area contributed by atoms with Gasteiger partial charge in [0.25, 0.3) is 5.91 Å². The Labute approximate surface area is 187 Å². The summed E-state index contributed by atoms with van der Waals surface area (Å²) in [6.45, 7) is 5.47. The van der Waals surface area contributed by atoms with Crippen LogP contribution in [-0.4, -0.2) is 50.0 Å². The minimum Gasteiger partial charge on any atom is -0.360 e. The quantitative estimate of drug-likeness (QED) is 0.622. The summed E-state index contributed by atoms with van der Waals surface area (Å²) in [6, 6.07) is 6.02. The molecule has 0 aromatic carbocycles. The van der Waals surface area contributed by atoms with Crippen LogP contribution in [0.1, 0.15) is 73.3 Å². The first-order valence-electron chi connectivity index (χ1n) is 11.4. The van der Waals surface area contributed by atoms with Crippen LogP contribution in [0.25, 0.3) is 11.1 Å². The van der Waals surface area contributed by atoms with E-state index in [9.17, 15) is 4.79 Å². The number of anilines is 1. The Bertz CT molecular complexity index is 1080. The molecule has 32 heavy (non-hydrogen) atoms. The van der Waals surface area contributed by atoms with Crippen molar-refractivity contribution in [2.24, 2.45) is 0 Å². The van der Waals surface area contributed by atoms with Crippen molar-refractivity contribution in [3.63, 3.8) is 0 Å². The van der Waals surface area contributed by atoms with Gasteiger partial charge in [0.1, 0.15) is 5.76 Å². The highest BCUT2D eigenvalue weighted by atomic mass is 16.5. The van der Waals surface area contributed by atoms with Crippen LogP contribution in [0.15, 0.2) is 41.3 Å². The first-order valence-corrected chi connectivity index (χ1v) is 11.4. The molecule has 3 aromatic heterocycles. The molecular formula is C24H28N6O2. The van der Waals surface area contributed by atoms with Crippen molar-refractivity contribution in [3.8, 4) is 11.1 Å². The Kier molecular flexibility index (Phi) is 5.59. The van der Waals surface area contributed by atoms with Gasteiger partial charge in [0.15, 0.2) is 5.69 Å². The number of aromatic nitrogens is 4. The predicted molar refractivity (Wildman–Crippen MR) is 120 cm³/mol. The number of rotatable bonds is 6. The average molecular weight is 433 g/mol. The zero-order valence-corrected chi connectivity index (χ0v) is 18.5. The normalized spacial score (nSPS) is 17.0. The molecule has 0 atom stereocenters. The first kappa shape index (κ1) is 20.6. The number of amides is 1. The Morgan fingerprint density at radius 1 is 1.16 bits per heavy atom. The molecule has 2 fully saturated rings. The standard InChI is InChI=1S/C24H28N6O2/c1-15(2)27-24-26-14-19(18-4-3-9-25-13-18)22(28-24)17-7-10-30(11-8-17)23(31)20-12-21(32-29-20)16-5-6-16/h3-4,9,12-17H,5-8,10-11H2,1-2H3,(H,26,27,28). The zero-order chi connectivity index (χ0) is 22.1. The number of likely N-dealkylation sites (tertiary alicyclic amines) is 1. The van der Waals surface area contributed by atoms with Gasteiger partial charge in [0.05, 0.1) is 5.69 Å². The topological polar surface area (TPSA) is 97.0 Å². The molecule has 1 aliphatic carbocycles. The SMILES string of the molecule is CC(C)Nc1ncc(-c2cccnc2)c(C2CCN(C(=O)c3cc(C4CC4)on3)CC2)n1. The van der Waals surface area contributed by atoms with Crippen LogP contribution in [0.2, 0.25) is 0 Å². The third-order valence-corrected chi connectivity index (χ3v) is 6.10. The molecule has 0 bridgehead atoms. The van der Waals surface area contributed by atoms with Gasteiger partial charge in [-0.25, -0.2) is 9.97 Å². The van der Waals surface area contributed by atoms with Crippen LogP contribution in [0.3, 0.4) is 0 Å². The van der Waals surface area contributed by atoms with Crippen molar-refractivity contribution in [1.29, 1.82) is 0 Å². The van der Waals surface area contributed by atoms with E-state index in [4.69, 9.17) is 9.51 Å². The van der Waals surface area contributed by atoms with Gasteiger partial charge >= 0.3 is 0 Å². The summed E-state index contributed by atoms with van der Waals surface area (Å²) in [5.41, 5.74) is 3.45. The number of nitrogens with zero attached hydrogens (tertiary/aromatic N) is 5. The van der Waals surface area contributed by atoms with Gasteiger partial charge in [-0.1, -0.05) is 11.2 Å². The monoisotopic (exact) mass is 432 g/mol. The van der Waals surface area contributed by atoms with Gasteiger partial charge in [-0.05, 0) is 45.6 Å². The number of hydrogen-bond acceptors (Lipinski definition) is 7. The maximum Gasteiger partial charge on any atom is 0.276 e. The van der Waals surface area contributed by atoms with E-state index in [0.717, 1.165) is 48.3 Å². The van der Waals surface area contributed by atoms with Crippen molar-refractivity contribution in [1.82, 2.24) is 25.0 Å². The molecule has 8 nitrogen and oxygen atoms in total. The number of carbonyl (C=O) groups excluding carboxylic acids is 1. The minimum absolute atomic E-state index is 0.0450. The van der Waals surface area contributed by atoms with Crippen LogP contribution in [-0.2, 0) is 0 Å². The van der Waals surface area contributed by atoms with Crippen molar-refractivity contribution in [2.75, 3.05) is 18.4 Å². The second-order valence-electron chi connectivity index (χ2n) is 8.99. The molecule has 5 rings (SSSR count). The van der Waals surface area contributed by atoms with Gasteiger partial charge in [-0.3, -0.25) is 9.78 Å². The fourth-order valence-corrected chi connectivity index (χ4v) is 4.25. The van der Waals surface area contributed by atoms with E-state index in [2.05, 4.69) is 34.3 Å². The van der Waals surface area contributed by atoms with Crippen LogP contribution >= 0.6 is 0 Å². The maximum atomic E-state index is 12.9. The van der Waals surface area contributed by atoms with Gasteiger partial charge in [-0.2, -0.15) is 0 Å². The van der Waals surface area contributed by atoms with E-state index in [1.165, 1.54) is 0 Å². The lowest BCUT2D eigenvalue weighted by Gasteiger charge is -2.32. The molecular weight excluding hydrogens is 404 g/mol. The lowest BCUT2D eigenvalue weighted by atomic mass is 9.89. The van der Waals surface area contributed by atoms with Gasteiger partial charge in [0.2, 0.25) is 5.95 Å². The molecule has 1 aliphatic heterocycles.